The fourth-order valence-electron chi connectivity index (χ4n) is 4.36. The fourth-order valence-corrected chi connectivity index (χ4v) is 4.36. The summed E-state index contributed by atoms with van der Waals surface area (Å²) in [5.41, 5.74) is 6.51. The summed E-state index contributed by atoms with van der Waals surface area (Å²) in [6.07, 6.45) is 9.01. The first-order valence-electron chi connectivity index (χ1n) is 10.8. The van der Waals surface area contributed by atoms with Gasteiger partial charge in [-0.25, -0.2) is 4.98 Å². The van der Waals surface area contributed by atoms with Crippen molar-refractivity contribution in [1.29, 1.82) is 0 Å². The molecule has 0 atom stereocenters. The van der Waals surface area contributed by atoms with E-state index in [1.54, 1.807) is 18.7 Å². The van der Waals surface area contributed by atoms with Gasteiger partial charge < -0.3 is 24.7 Å². The van der Waals surface area contributed by atoms with E-state index < -0.39 is 5.91 Å². The molecule has 9 heteroatoms. The lowest BCUT2D eigenvalue weighted by Crippen LogP contribution is -2.36. The molecule has 1 saturated carbocycles. The van der Waals surface area contributed by atoms with Crippen molar-refractivity contribution >= 4 is 22.6 Å². The average molecular weight is 422 g/mol. The zero-order valence-electron chi connectivity index (χ0n) is 17.3. The van der Waals surface area contributed by atoms with Crippen LogP contribution in [0, 0.1) is 0 Å². The lowest BCUT2D eigenvalue weighted by Gasteiger charge is -2.31. The molecule has 1 aliphatic heterocycles. The summed E-state index contributed by atoms with van der Waals surface area (Å²) in [6.45, 7) is 3.03. The van der Waals surface area contributed by atoms with Crippen LogP contribution >= 0.6 is 0 Å². The minimum atomic E-state index is -0.498. The van der Waals surface area contributed by atoms with Gasteiger partial charge in [-0.15, -0.1) is 0 Å². The number of pyridine rings is 2. The molecule has 162 valence electrons. The molecule has 3 aromatic rings. The summed E-state index contributed by atoms with van der Waals surface area (Å²) in [4.78, 5) is 27.0. The Morgan fingerprint density at radius 1 is 1.16 bits per heavy atom. The SMILES string of the molecule is NC(=O)c1cn(C2CCC(Oc3nc(N4CCOCC4)cc4ncccc34)CC2)cn1. The summed E-state index contributed by atoms with van der Waals surface area (Å²) in [5.74, 6) is 1.03. The van der Waals surface area contributed by atoms with Gasteiger partial charge in [0.2, 0.25) is 5.88 Å². The molecule has 0 radical (unpaired) electrons. The van der Waals surface area contributed by atoms with E-state index in [-0.39, 0.29) is 6.10 Å². The predicted octanol–water partition coefficient (Wildman–Crippen LogP) is 2.32. The lowest BCUT2D eigenvalue weighted by molar-refractivity contribution is 0.0995. The van der Waals surface area contributed by atoms with Crippen LogP contribution in [-0.2, 0) is 4.74 Å². The number of anilines is 1. The maximum absolute atomic E-state index is 11.3. The first-order valence-corrected chi connectivity index (χ1v) is 10.8. The average Bonchev–Trinajstić information content (AvgIpc) is 3.31. The Kier molecular flexibility index (Phi) is 5.42. The molecule has 1 aliphatic carbocycles. The van der Waals surface area contributed by atoms with Gasteiger partial charge in [0.05, 0.1) is 30.4 Å². The van der Waals surface area contributed by atoms with Gasteiger partial charge in [0, 0.05) is 37.6 Å². The predicted molar refractivity (Wildman–Crippen MR) is 115 cm³/mol. The van der Waals surface area contributed by atoms with Crippen LogP contribution in [0.1, 0.15) is 42.2 Å². The van der Waals surface area contributed by atoms with Crippen molar-refractivity contribution < 1.29 is 14.3 Å². The van der Waals surface area contributed by atoms with Crippen LogP contribution in [0.4, 0.5) is 5.82 Å². The summed E-state index contributed by atoms with van der Waals surface area (Å²) in [6, 6.07) is 6.25. The molecular formula is C22H26N6O3. The second-order valence-corrected chi connectivity index (χ2v) is 8.07. The second-order valence-electron chi connectivity index (χ2n) is 8.07. The van der Waals surface area contributed by atoms with Gasteiger partial charge in [-0.05, 0) is 37.8 Å². The third kappa shape index (κ3) is 4.18. The van der Waals surface area contributed by atoms with E-state index in [1.165, 1.54) is 0 Å². The van der Waals surface area contributed by atoms with Crippen LogP contribution in [-0.4, -0.2) is 57.8 Å². The number of hydrogen-bond donors (Lipinski definition) is 1. The van der Waals surface area contributed by atoms with Crippen molar-refractivity contribution in [2.24, 2.45) is 5.73 Å². The van der Waals surface area contributed by atoms with E-state index in [2.05, 4.69) is 14.9 Å². The quantitative estimate of drug-likeness (QED) is 0.672. The standard InChI is InChI=1S/C22H26N6O3/c23-21(29)19-13-28(14-25-19)15-3-5-16(6-4-15)31-22-17-2-1-7-24-18(17)12-20(26-22)27-8-10-30-11-9-27/h1-2,7,12-16H,3-6,8-11H2,(H2,23,29). The van der Waals surface area contributed by atoms with Gasteiger partial charge in [-0.3, -0.25) is 9.78 Å². The fraction of sp³-hybridized carbons (Fsp3) is 0.455. The van der Waals surface area contributed by atoms with E-state index in [0.29, 0.717) is 30.8 Å². The molecule has 5 rings (SSSR count). The molecule has 0 aromatic carbocycles. The zero-order chi connectivity index (χ0) is 21.2. The summed E-state index contributed by atoms with van der Waals surface area (Å²) >= 11 is 0. The van der Waals surface area contributed by atoms with Gasteiger partial charge in [0.1, 0.15) is 17.6 Å². The van der Waals surface area contributed by atoms with E-state index in [9.17, 15) is 4.79 Å². The molecule has 1 saturated heterocycles. The number of hydrogen-bond acceptors (Lipinski definition) is 7. The number of rotatable bonds is 5. The summed E-state index contributed by atoms with van der Waals surface area (Å²) in [7, 11) is 0. The second kappa shape index (κ2) is 8.50. The molecule has 0 unspecified atom stereocenters. The third-order valence-corrected chi connectivity index (χ3v) is 6.08. The number of nitrogens with zero attached hydrogens (tertiary/aromatic N) is 5. The molecule has 2 N–H and O–H groups in total. The highest BCUT2D eigenvalue weighted by atomic mass is 16.5. The van der Waals surface area contributed by atoms with E-state index in [0.717, 1.165) is 55.5 Å². The van der Waals surface area contributed by atoms with E-state index in [4.69, 9.17) is 20.2 Å². The minimum absolute atomic E-state index is 0.0891. The molecule has 0 spiro atoms. The Balaban J connectivity index is 1.31. The van der Waals surface area contributed by atoms with Gasteiger partial charge >= 0.3 is 0 Å². The van der Waals surface area contributed by atoms with Crippen molar-refractivity contribution in [2.75, 3.05) is 31.2 Å². The van der Waals surface area contributed by atoms with Crippen molar-refractivity contribution in [2.45, 2.75) is 37.8 Å². The highest BCUT2D eigenvalue weighted by molar-refractivity contribution is 5.90. The molecule has 3 aromatic heterocycles. The normalized spacial score (nSPS) is 21.9. The van der Waals surface area contributed by atoms with Gasteiger partial charge in [-0.2, -0.15) is 4.98 Å². The van der Waals surface area contributed by atoms with Crippen LogP contribution in [0.2, 0.25) is 0 Å². The van der Waals surface area contributed by atoms with Crippen molar-refractivity contribution in [3.63, 3.8) is 0 Å². The number of ether oxygens (including phenoxy) is 2. The lowest BCUT2D eigenvalue weighted by atomic mass is 9.93. The molecule has 4 heterocycles. The smallest absolute Gasteiger partial charge is 0.268 e. The number of imidazole rings is 1. The molecule has 0 bridgehead atoms. The summed E-state index contributed by atoms with van der Waals surface area (Å²) in [5, 5.41) is 0.933. The van der Waals surface area contributed by atoms with Crippen LogP contribution in [0.15, 0.2) is 36.9 Å². The van der Waals surface area contributed by atoms with Crippen LogP contribution < -0.4 is 15.4 Å². The number of primary amides is 1. The largest absolute Gasteiger partial charge is 0.474 e. The Morgan fingerprint density at radius 3 is 2.71 bits per heavy atom. The highest BCUT2D eigenvalue weighted by Crippen LogP contribution is 2.33. The Morgan fingerprint density at radius 2 is 1.97 bits per heavy atom. The van der Waals surface area contributed by atoms with Gasteiger partial charge in [0.15, 0.2) is 0 Å². The van der Waals surface area contributed by atoms with Crippen LogP contribution in [0.5, 0.6) is 5.88 Å². The molecule has 2 aliphatic rings. The Hall–Kier alpha value is -3.20. The topological polar surface area (TPSA) is 108 Å². The van der Waals surface area contributed by atoms with Crippen molar-refractivity contribution in [3.05, 3.63) is 42.6 Å². The maximum atomic E-state index is 11.3. The highest BCUT2D eigenvalue weighted by Gasteiger charge is 2.26. The van der Waals surface area contributed by atoms with Crippen molar-refractivity contribution in [1.82, 2.24) is 19.5 Å². The molecule has 9 nitrogen and oxygen atoms in total. The number of aromatic nitrogens is 4. The van der Waals surface area contributed by atoms with E-state index in [1.807, 2.05) is 22.8 Å². The monoisotopic (exact) mass is 422 g/mol. The Labute approximate surface area is 180 Å². The number of nitrogens with two attached hydrogens (primary N) is 1. The number of amides is 1. The number of carbonyl (C=O) groups excluding carboxylic acids is 1. The minimum Gasteiger partial charge on any atom is -0.474 e. The van der Waals surface area contributed by atoms with Crippen molar-refractivity contribution in [3.8, 4) is 5.88 Å². The maximum Gasteiger partial charge on any atom is 0.268 e. The van der Waals surface area contributed by atoms with Gasteiger partial charge in [-0.1, -0.05) is 0 Å². The first kappa shape index (κ1) is 19.7. The van der Waals surface area contributed by atoms with E-state index >= 15 is 0 Å². The number of carbonyl (C=O) groups is 1. The Bertz CT molecular complexity index is 1070. The molecule has 31 heavy (non-hydrogen) atoms. The number of fused-ring (bicyclic) bond motifs is 1. The molecule has 2 fully saturated rings. The molecule has 1 amide bonds. The van der Waals surface area contributed by atoms with Crippen LogP contribution in [0.25, 0.3) is 10.9 Å². The first-order chi connectivity index (χ1) is 15.2. The number of morpholine rings is 1. The van der Waals surface area contributed by atoms with Crippen LogP contribution in [0.3, 0.4) is 0 Å². The molecular weight excluding hydrogens is 396 g/mol. The van der Waals surface area contributed by atoms with Gasteiger partial charge in [0.25, 0.3) is 5.91 Å². The summed E-state index contributed by atoms with van der Waals surface area (Å²) < 4.78 is 13.9. The third-order valence-electron chi connectivity index (χ3n) is 6.08. The zero-order valence-corrected chi connectivity index (χ0v) is 17.3.